The Morgan fingerprint density at radius 3 is 2.64 bits per heavy atom. The minimum Gasteiger partial charge on any atom is -0.488 e. The van der Waals surface area contributed by atoms with Gasteiger partial charge in [-0.1, -0.05) is 60.0 Å². The molecule has 5 aromatic rings. The van der Waals surface area contributed by atoms with Crippen LogP contribution in [-0.2, 0) is 44.6 Å². The molecule has 288 valence electrons. The average Bonchev–Trinajstić information content (AvgIpc) is 3.55. The van der Waals surface area contributed by atoms with Gasteiger partial charge in [-0.15, -0.1) is 0 Å². The number of carboxylic acid groups (broad SMARTS) is 1. The molecule has 0 aliphatic carbocycles. The highest BCUT2D eigenvalue weighted by atomic mass is 35.5. The Bertz CT molecular complexity index is 2340. The second kappa shape index (κ2) is 17.1. The van der Waals surface area contributed by atoms with Crippen LogP contribution in [0.25, 0.3) is 11.1 Å². The minimum absolute atomic E-state index is 0.127. The number of fused-ring (bicyclic) bond motifs is 1. The Morgan fingerprint density at radius 1 is 1.04 bits per heavy atom. The number of hydrogen-bond acceptors (Lipinski definition) is 9. The molecular formula is C42H41Cl2N7O5. The van der Waals surface area contributed by atoms with Gasteiger partial charge in [0.1, 0.15) is 36.8 Å². The number of rotatable bonds is 12. The third kappa shape index (κ3) is 8.37. The lowest BCUT2D eigenvalue weighted by Gasteiger charge is -2.33. The summed E-state index contributed by atoms with van der Waals surface area (Å²) in [6.07, 6.45) is 6.24. The number of carboxylic acids is 1. The Labute approximate surface area is 335 Å². The fourth-order valence-corrected chi connectivity index (χ4v) is 7.89. The van der Waals surface area contributed by atoms with Crippen LogP contribution in [0.3, 0.4) is 0 Å². The molecule has 12 nitrogen and oxygen atoms in total. The number of pyridine rings is 1. The van der Waals surface area contributed by atoms with Gasteiger partial charge in [0.2, 0.25) is 0 Å². The van der Waals surface area contributed by atoms with Gasteiger partial charge in [-0.3, -0.25) is 19.5 Å². The van der Waals surface area contributed by atoms with E-state index < -0.39 is 12.0 Å². The number of nitrogens with one attached hydrogen (secondary N) is 2. The number of carbonyl (C=O) groups excluding carboxylic acids is 1. The summed E-state index contributed by atoms with van der Waals surface area (Å²) in [4.78, 5) is 36.1. The molecule has 56 heavy (non-hydrogen) atoms. The predicted octanol–water partition coefficient (Wildman–Crippen LogP) is 7.46. The van der Waals surface area contributed by atoms with Gasteiger partial charge in [-0.2, -0.15) is 5.26 Å². The predicted molar refractivity (Wildman–Crippen MR) is 213 cm³/mol. The molecule has 0 radical (unpaired) electrons. The summed E-state index contributed by atoms with van der Waals surface area (Å²) in [6, 6.07) is 18.1. The fourth-order valence-electron chi connectivity index (χ4n) is 7.37. The Hall–Kier alpha value is -5.45. The molecule has 0 unspecified atom stereocenters. The van der Waals surface area contributed by atoms with Crippen molar-refractivity contribution in [1.29, 1.82) is 5.26 Å². The Kier molecular flexibility index (Phi) is 11.9. The van der Waals surface area contributed by atoms with Gasteiger partial charge in [0.25, 0.3) is 5.91 Å². The lowest BCUT2D eigenvalue weighted by Crippen LogP contribution is -2.44. The molecule has 2 aliphatic rings. The van der Waals surface area contributed by atoms with Crippen molar-refractivity contribution in [3.8, 4) is 28.7 Å². The van der Waals surface area contributed by atoms with Crippen LogP contribution < -0.4 is 20.1 Å². The van der Waals surface area contributed by atoms with E-state index in [0.29, 0.717) is 70.2 Å². The van der Waals surface area contributed by atoms with E-state index in [1.807, 2.05) is 53.8 Å². The van der Waals surface area contributed by atoms with Gasteiger partial charge < -0.3 is 29.8 Å². The SMILES string of the molecule is Cc1c(COc2cc(OCc3cncc(C#N)c3)c(CN3CCCC[C@H]3C(=O)O)cc2Cl)cccc1-c1cccc(NC(=O)c2nc3c(n2C)CCNC3)c1Cl. The summed E-state index contributed by atoms with van der Waals surface area (Å²) in [5.41, 5.74) is 7.69. The van der Waals surface area contributed by atoms with E-state index in [9.17, 15) is 20.0 Å². The molecule has 2 aliphatic heterocycles. The maximum atomic E-state index is 13.4. The van der Waals surface area contributed by atoms with E-state index in [4.69, 9.17) is 32.7 Å². The second-order valence-corrected chi connectivity index (χ2v) is 14.8. The smallest absolute Gasteiger partial charge is 0.320 e. The molecule has 1 saturated heterocycles. The standard InChI is InChI=1S/C42H41Cl2N7O5/c1-25-28(7-5-8-30(25)31-9-6-10-33(39(31)44)49-41(52)40-48-34-21-46-13-12-35(34)50(40)2)24-56-38-17-37(55-23-27-15-26(18-45)19-47-20-27)29(16-32(38)43)22-51-14-4-3-11-36(51)42(53)54/h5-10,15-17,19-20,36,46H,3-4,11-14,21-24H2,1-2H3,(H,49,52)(H,53,54)/t36-/m0/s1. The number of ether oxygens (including phenoxy) is 2. The van der Waals surface area contributed by atoms with Crippen LogP contribution in [-0.4, -0.2) is 55.5 Å². The molecule has 4 heterocycles. The average molecular weight is 795 g/mol. The molecule has 1 atom stereocenters. The molecule has 3 N–H and O–H groups in total. The van der Waals surface area contributed by atoms with Crippen LogP contribution >= 0.6 is 23.2 Å². The number of amides is 1. The molecule has 14 heteroatoms. The van der Waals surface area contributed by atoms with Gasteiger partial charge in [-0.05, 0) is 61.2 Å². The molecule has 0 saturated carbocycles. The van der Waals surface area contributed by atoms with E-state index in [1.165, 1.54) is 6.20 Å². The first kappa shape index (κ1) is 38.8. The number of aromatic nitrogens is 3. The molecule has 7 rings (SSSR count). The lowest BCUT2D eigenvalue weighted by atomic mass is 9.96. The number of anilines is 1. The van der Waals surface area contributed by atoms with Crippen molar-refractivity contribution in [2.75, 3.05) is 18.4 Å². The van der Waals surface area contributed by atoms with Gasteiger partial charge in [-0.25, -0.2) is 4.98 Å². The molecule has 2 aromatic heterocycles. The number of hydrogen-bond donors (Lipinski definition) is 3. The number of imidazole rings is 1. The zero-order chi connectivity index (χ0) is 39.3. The van der Waals surface area contributed by atoms with Crippen molar-refractivity contribution >= 4 is 40.8 Å². The van der Waals surface area contributed by atoms with Crippen LogP contribution in [0.4, 0.5) is 5.69 Å². The first-order valence-corrected chi connectivity index (χ1v) is 19.2. The minimum atomic E-state index is -0.853. The number of carbonyl (C=O) groups is 2. The van der Waals surface area contributed by atoms with Crippen LogP contribution in [0.1, 0.15) is 69.1 Å². The van der Waals surface area contributed by atoms with Crippen LogP contribution in [0, 0.1) is 18.3 Å². The van der Waals surface area contributed by atoms with Gasteiger partial charge in [0.05, 0.1) is 27.0 Å². The van der Waals surface area contributed by atoms with Crippen molar-refractivity contribution < 1.29 is 24.2 Å². The molecular weight excluding hydrogens is 753 g/mol. The number of aliphatic carboxylic acids is 1. The molecule has 3 aromatic carbocycles. The summed E-state index contributed by atoms with van der Waals surface area (Å²) >= 11 is 13.8. The van der Waals surface area contributed by atoms with E-state index in [-0.39, 0.29) is 19.1 Å². The zero-order valence-electron chi connectivity index (χ0n) is 31.1. The molecule has 1 amide bonds. The largest absolute Gasteiger partial charge is 0.488 e. The van der Waals surface area contributed by atoms with Crippen LogP contribution in [0.2, 0.25) is 10.0 Å². The van der Waals surface area contributed by atoms with E-state index in [0.717, 1.165) is 65.0 Å². The third-order valence-electron chi connectivity index (χ3n) is 10.4. The molecule has 0 spiro atoms. The third-order valence-corrected chi connectivity index (χ3v) is 11.1. The van der Waals surface area contributed by atoms with Gasteiger partial charge >= 0.3 is 5.97 Å². The van der Waals surface area contributed by atoms with Crippen molar-refractivity contribution in [2.24, 2.45) is 7.05 Å². The maximum Gasteiger partial charge on any atom is 0.320 e. The number of nitrogens with zero attached hydrogens (tertiary/aromatic N) is 5. The highest BCUT2D eigenvalue weighted by Crippen LogP contribution is 2.39. The first-order valence-electron chi connectivity index (χ1n) is 18.4. The first-order chi connectivity index (χ1) is 27.1. The Morgan fingerprint density at radius 2 is 1.84 bits per heavy atom. The second-order valence-electron chi connectivity index (χ2n) is 14.0. The summed E-state index contributed by atoms with van der Waals surface area (Å²) in [5.74, 6) is 0.0170. The number of likely N-dealkylation sites (tertiary alicyclic amines) is 1. The summed E-state index contributed by atoms with van der Waals surface area (Å²) in [7, 11) is 1.86. The number of piperidine rings is 1. The van der Waals surface area contributed by atoms with Crippen molar-refractivity contribution in [3.05, 3.63) is 122 Å². The Balaban J connectivity index is 1.12. The highest BCUT2D eigenvalue weighted by molar-refractivity contribution is 6.36. The maximum absolute atomic E-state index is 13.4. The number of benzene rings is 3. The van der Waals surface area contributed by atoms with Crippen molar-refractivity contribution in [1.82, 2.24) is 24.8 Å². The van der Waals surface area contributed by atoms with E-state index in [1.54, 1.807) is 30.5 Å². The van der Waals surface area contributed by atoms with Gasteiger partial charge in [0, 0.05) is 73.9 Å². The lowest BCUT2D eigenvalue weighted by molar-refractivity contribution is -0.144. The van der Waals surface area contributed by atoms with Crippen LogP contribution in [0.15, 0.2) is 67.0 Å². The number of nitriles is 1. The van der Waals surface area contributed by atoms with Crippen molar-refractivity contribution in [2.45, 2.75) is 65.0 Å². The molecule has 0 bridgehead atoms. The monoisotopic (exact) mass is 793 g/mol. The van der Waals surface area contributed by atoms with E-state index >= 15 is 0 Å². The number of halogens is 2. The summed E-state index contributed by atoms with van der Waals surface area (Å²) < 4.78 is 14.5. The summed E-state index contributed by atoms with van der Waals surface area (Å²) in [6.45, 7) is 4.72. The van der Waals surface area contributed by atoms with Gasteiger partial charge in [0.15, 0.2) is 5.82 Å². The van der Waals surface area contributed by atoms with Crippen LogP contribution in [0.5, 0.6) is 11.5 Å². The summed E-state index contributed by atoms with van der Waals surface area (Å²) in [5, 5.41) is 26.3. The van der Waals surface area contributed by atoms with Crippen molar-refractivity contribution in [3.63, 3.8) is 0 Å². The fraction of sp³-hybridized carbons (Fsp3) is 0.310. The quantitative estimate of drug-likeness (QED) is 0.116. The normalized spacial score (nSPS) is 15.4. The molecule has 1 fully saturated rings. The zero-order valence-corrected chi connectivity index (χ0v) is 32.6. The highest BCUT2D eigenvalue weighted by Gasteiger charge is 2.30. The topological polar surface area (TPSA) is 155 Å². The van der Waals surface area contributed by atoms with E-state index in [2.05, 4.69) is 26.7 Å².